The number of fused-ring (bicyclic) bond motifs is 2. The first-order valence-electron chi connectivity index (χ1n) is 6.85. The minimum atomic E-state index is -1.14. The fourth-order valence-electron chi connectivity index (χ4n) is 3.97. The lowest BCUT2D eigenvalue weighted by Crippen LogP contribution is -2.88. The van der Waals surface area contributed by atoms with Gasteiger partial charge in [-0.3, -0.25) is 5.73 Å². The molecule has 1 aliphatic carbocycles. The van der Waals surface area contributed by atoms with Crippen LogP contribution >= 0.6 is 11.8 Å². The van der Waals surface area contributed by atoms with E-state index in [1.165, 1.54) is 23.9 Å². The van der Waals surface area contributed by atoms with Gasteiger partial charge < -0.3 is 4.74 Å². The quantitative estimate of drug-likeness (QED) is 0.749. The van der Waals surface area contributed by atoms with Gasteiger partial charge in [0.15, 0.2) is 10.8 Å². The molecule has 1 aromatic carbocycles. The van der Waals surface area contributed by atoms with Gasteiger partial charge in [-0.1, -0.05) is 23.9 Å². The molecule has 0 bridgehead atoms. The lowest BCUT2D eigenvalue weighted by molar-refractivity contribution is -0.583. The van der Waals surface area contributed by atoms with E-state index in [-0.39, 0.29) is 11.7 Å². The monoisotopic (exact) mass is 315 g/mol. The molecule has 7 heteroatoms. The first-order valence-corrected chi connectivity index (χ1v) is 7.83. The largest absolute Gasteiger partial charge is 0.327 e. The molecule has 2 aliphatic heterocycles. The van der Waals surface area contributed by atoms with Gasteiger partial charge >= 0.3 is 0 Å². The smallest absolute Gasteiger partial charge is 0.277 e. The fourth-order valence-corrected chi connectivity index (χ4v) is 5.33. The molecule has 3 N–H and O–H groups in total. The highest BCUT2D eigenvalue weighted by Crippen LogP contribution is 2.80. The summed E-state index contributed by atoms with van der Waals surface area (Å²) >= 11 is 1.46. The molecule has 0 radical (unpaired) electrons. The first-order chi connectivity index (χ1) is 10.6. The Kier molecular flexibility index (Phi) is 2.47. The van der Waals surface area contributed by atoms with Crippen LogP contribution in [0.15, 0.2) is 24.3 Å². The van der Waals surface area contributed by atoms with Crippen molar-refractivity contribution in [2.75, 3.05) is 12.4 Å². The second-order valence-electron chi connectivity index (χ2n) is 5.68. The third-order valence-electron chi connectivity index (χ3n) is 4.90. The van der Waals surface area contributed by atoms with Crippen molar-refractivity contribution < 1.29 is 14.1 Å². The molecular formula is C15H12FN4OS+. The van der Waals surface area contributed by atoms with E-state index >= 15 is 0 Å². The molecule has 3 aliphatic rings. The number of benzene rings is 1. The van der Waals surface area contributed by atoms with Gasteiger partial charge in [0.2, 0.25) is 0 Å². The summed E-state index contributed by atoms with van der Waals surface area (Å²) in [5.41, 5.74) is 4.59. The molecule has 110 valence electrons. The number of ether oxygens (including phenoxy) is 1. The summed E-state index contributed by atoms with van der Waals surface area (Å²) in [6.07, 6.45) is 0. The third-order valence-corrected chi connectivity index (χ3v) is 6.22. The number of hydrogen-bond donors (Lipinski definition) is 2. The van der Waals surface area contributed by atoms with Crippen molar-refractivity contribution in [1.82, 2.24) is 0 Å². The zero-order valence-electron chi connectivity index (χ0n) is 11.5. The predicted octanol–water partition coefficient (Wildman–Crippen LogP) is -0.189. The summed E-state index contributed by atoms with van der Waals surface area (Å²) < 4.78 is 19.0. The Balaban J connectivity index is 1.92. The number of rotatable bonds is 1. The van der Waals surface area contributed by atoms with E-state index in [0.29, 0.717) is 6.61 Å². The van der Waals surface area contributed by atoms with Crippen LogP contribution in [-0.4, -0.2) is 23.3 Å². The van der Waals surface area contributed by atoms with Crippen molar-refractivity contribution in [3.05, 3.63) is 35.6 Å². The van der Waals surface area contributed by atoms with Crippen molar-refractivity contribution >= 4 is 17.6 Å². The Hall–Kier alpha value is -2.09. The molecule has 5 nitrogen and oxygen atoms in total. The second-order valence-corrected chi connectivity index (χ2v) is 6.95. The summed E-state index contributed by atoms with van der Waals surface area (Å²) in [6, 6.07) is 10.4. The van der Waals surface area contributed by atoms with E-state index in [0.717, 1.165) is 11.3 Å². The molecule has 1 saturated carbocycles. The van der Waals surface area contributed by atoms with Crippen LogP contribution in [0.1, 0.15) is 11.5 Å². The van der Waals surface area contributed by atoms with Gasteiger partial charge in [0, 0.05) is 11.7 Å². The number of nitrogens with two attached hydrogens (primary N) is 1. The maximum atomic E-state index is 13.2. The van der Waals surface area contributed by atoms with Crippen LogP contribution in [-0.2, 0) is 4.74 Å². The minimum Gasteiger partial charge on any atom is -0.327 e. The first kappa shape index (κ1) is 13.6. The number of nitrogens with zero attached hydrogens (tertiary/aromatic N) is 2. The Bertz CT molecular complexity index is 774. The Morgan fingerprint density at radius 3 is 2.59 bits per heavy atom. The lowest BCUT2D eigenvalue weighted by Gasteiger charge is -2.23. The summed E-state index contributed by atoms with van der Waals surface area (Å²) in [7, 11) is 0. The maximum absolute atomic E-state index is 13.2. The van der Waals surface area contributed by atoms with Crippen LogP contribution in [0.25, 0.3) is 0 Å². The average Bonchev–Trinajstić information content (AvgIpc) is 2.77. The van der Waals surface area contributed by atoms with Gasteiger partial charge in [0.25, 0.3) is 10.9 Å². The molecule has 4 atom stereocenters. The predicted molar refractivity (Wildman–Crippen MR) is 76.5 cm³/mol. The van der Waals surface area contributed by atoms with Crippen LogP contribution in [0, 0.1) is 39.3 Å². The third kappa shape index (κ3) is 1.18. The maximum Gasteiger partial charge on any atom is 0.277 e. The summed E-state index contributed by atoms with van der Waals surface area (Å²) in [4.78, 5) is 3.04. The zero-order valence-corrected chi connectivity index (χ0v) is 12.3. The fraction of sp³-hybridized carbons (Fsp3) is 0.400. The molecule has 0 amide bonds. The molecule has 0 aromatic heterocycles. The van der Waals surface area contributed by atoms with Crippen molar-refractivity contribution in [2.45, 2.75) is 11.0 Å². The van der Waals surface area contributed by atoms with Crippen LogP contribution < -0.4 is 10.7 Å². The normalized spacial score (nSPS) is 41.6. The lowest BCUT2D eigenvalue weighted by atomic mass is 9.95. The summed E-state index contributed by atoms with van der Waals surface area (Å²) in [6.45, 7) is 0.492. The molecule has 2 heterocycles. The summed E-state index contributed by atoms with van der Waals surface area (Å²) in [5.74, 6) is 0.201. The average molecular weight is 315 g/mol. The van der Waals surface area contributed by atoms with E-state index in [1.807, 2.05) is 0 Å². The van der Waals surface area contributed by atoms with Crippen LogP contribution in [0.5, 0.6) is 0 Å². The van der Waals surface area contributed by atoms with Gasteiger partial charge in [-0.15, -0.1) is 0 Å². The number of nitrogens with one attached hydrogen (secondary N) is 1. The molecule has 1 aromatic rings. The molecule has 0 unspecified atom stereocenters. The molecule has 2 fully saturated rings. The van der Waals surface area contributed by atoms with Crippen LogP contribution in [0.2, 0.25) is 0 Å². The van der Waals surface area contributed by atoms with E-state index in [1.54, 1.807) is 12.1 Å². The topological polar surface area (TPSA) is 96.8 Å². The number of nitriles is 2. The van der Waals surface area contributed by atoms with Crippen molar-refractivity contribution in [2.24, 2.45) is 16.6 Å². The van der Waals surface area contributed by atoms with Gasteiger partial charge in [0.1, 0.15) is 5.82 Å². The van der Waals surface area contributed by atoms with Gasteiger partial charge in [0.05, 0.1) is 18.7 Å². The Morgan fingerprint density at radius 1 is 1.32 bits per heavy atom. The highest BCUT2D eigenvalue weighted by atomic mass is 32.2. The van der Waals surface area contributed by atoms with Crippen molar-refractivity contribution in [3.8, 4) is 12.1 Å². The van der Waals surface area contributed by atoms with Gasteiger partial charge in [-0.05, 0) is 17.7 Å². The number of thioether (sulfide) groups is 1. The molecule has 1 saturated heterocycles. The van der Waals surface area contributed by atoms with Crippen molar-refractivity contribution in [1.29, 1.82) is 10.5 Å². The van der Waals surface area contributed by atoms with Gasteiger partial charge in [-0.25, -0.2) is 9.38 Å². The van der Waals surface area contributed by atoms with Crippen LogP contribution in [0.3, 0.4) is 0 Å². The highest BCUT2D eigenvalue weighted by molar-refractivity contribution is 8.00. The van der Waals surface area contributed by atoms with Crippen molar-refractivity contribution in [3.63, 3.8) is 0 Å². The Labute approximate surface area is 130 Å². The highest BCUT2D eigenvalue weighted by Gasteiger charge is 2.96. The number of hydrogen-bond acceptors (Lipinski definition) is 5. The SMILES string of the molecule is N#C[C@@]12[C@H](c3ccc(F)cc3)[C@]1(C#N)C(N)=[NH+][C@@]21OCCS1. The molecule has 1 spiro atoms. The van der Waals surface area contributed by atoms with E-state index < -0.39 is 21.8 Å². The number of amidine groups is 1. The second kappa shape index (κ2) is 4.01. The minimum absolute atomic E-state index is 0.264. The standard InChI is InChI=1S/C15H11FN4OS/c16-10-3-1-9(2-4-10)11-13(7-17)12(19)20-15(14(11,13)8-18)21-5-6-22-15/h1-4,11H,5-6H2,(H2,19,20)/p+1/t11-,13-,14-,15-/m1/s1. The van der Waals surface area contributed by atoms with E-state index in [2.05, 4.69) is 17.1 Å². The summed E-state index contributed by atoms with van der Waals surface area (Å²) in [5, 5.41) is 18.7. The van der Waals surface area contributed by atoms with E-state index in [4.69, 9.17) is 10.5 Å². The zero-order chi connectivity index (χ0) is 15.6. The molecular weight excluding hydrogens is 303 g/mol. The van der Waals surface area contributed by atoms with E-state index in [9.17, 15) is 14.9 Å². The van der Waals surface area contributed by atoms with Gasteiger partial charge in [-0.2, -0.15) is 10.5 Å². The van der Waals surface area contributed by atoms with Crippen LogP contribution in [0.4, 0.5) is 4.39 Å². The Morgan fingerprint density at radius 2 is 2.05 bits per heavy atom. The molecule has 22 heavy (non-hydrogen) atoms. The number of halogens is 1. The molecule has 4 rings (SSSR count).